The Balaban J connectivity index is 1.09. The van der Waals surface area contributed by atoms with E-state index in [0.717, 1.165) is 68.6 Å². The normalized spacial score (nSPS) is 22.5. The average Bonchev–Trinajstić information content (AvgIpc) is 3.50. The second-order valence-corrected chi connectivity index (χ2v) is 8.42. The van der Waals surface area contributed by atoms with Gasteiger partial charge < -0.3 is 4.74 Å². The van der Waals surface area contributed by atoms with Crippen molar-refractivity contribution in [1.29, 1.82) is 0 Å². The summed E-state index contributed by atoms with van der Waals surface area (Å²) in [6, 6.07) is 2.67. The summed E-state index contributed by atoms with van der Waals surface area (Å²) in [6.45, 7) is 3.81. The van der Waals surface area contributed by atoms with Crippen LogP contribution >= 0.6 is 0 Å². The monoisotopic (exact) mass is 434 g/mol. The van der Waals surface area contributed by atoms with E-state index in [1.807, 2.05) is 46.0 Å². The largest absolute Gasteiger partial charge is 0.379 e. The number of ether oxygens (including phenoxy) is 1. The van der Waals surface area contributed by atoms with Crippen molar-refractivity contribution < 1.29 is 9.57 Å². The molecule has 1 saturated heterocycles. The van der Waals surface area contributed by atoms with E-state index in [4.69, 9.17) is 9.57 Å². The Hall–Kier alpha value is -3.08. The van der Waals surface area contributed by atoms with Crippen LogP contribution in [0.3, 0.4) is 0 Å². The molecule has 1 aliphatic heterocycles. The SMILES string of the molecule is c1cn2cc(-c3ccn4nc(NOC5CCC(N6CCOCC6)CC5)ncc34)cnc2n1. The van der Waals surface area contributed by atoms with Crippen molar-refractivity contribution in [2.45, 2.75) is 37.8 Å². The van der Waals surface area contributed by atoms with Crippen LogP contribution in [0.5, 0.6) is 0 Å². The number of hydrogen-bond donors (Lipinski definition) is 1. The highest BCUT2D eigenvalue weighted by Gasteiger charge is 2.27. The van der Waals surface area contributed by atoms with Crippen LogP contribution < -0.4 is 5.48 Å². The molecule has 0 aromatic carbocycles. The second kappa shape index (κ2) is 8.45. The summed E-state index contributed by atoms with van der Waals surface area (Å²) in [5, 5.41) is 4.55. The van der Waals surface area contributed by atoms with Gasteiger partial charge in [-0.25, -0.2) is 24.9 Å². The zero-order chi connectivity index (χ0) is 21.3. The lowest BCUT2D eigenvalue weighted by atomic mass is 9.92. The number of nitrogens with zero attached hydrogens (tertiary/aromatic N) is 7. The summed E-state index contributed by atoms with van der Waals surface area (Å²) < 4.78 is 9.18. The molecule has 6 rings (SSSR count). The molecule has 0 spiro atoms. The van der Waals surface area contributed by atoms with E-state index < -0.39 is 0 Å². The zero-order valence-electron chi connectivity index (χ0n) is 17.8. The standard InChI is InChI=1S/C22H26N8O2/c1-3-18(4-2-17(1)28-9-11-31-12-10-28)32-27-21-24-14-20-19(5-7-30(20)26-21)16-13-25-22-23-6-8-29(22)15-16/h5-8,13-15,17-18H,1-4,9-12H2,(H,26,27). The molecule has 5 heterocycles. The average molecular weight is 435 g/mol. The lowest BCUT2D eigenvalue weighted by molar-refractivity contribution is -0.0116. The van der Waals surface area contributed by atoms with Crippen LogP contribution in [0.1, 0.15) is 25.7 Å². The summed E-state index contributed by atoms with van der Waals surface area (Å²) in [5.41, 5.74) is 5.87. The molecule has 4 aromatic heterocycles. The van der Waals surface area contributed by atoms with Crippen molar-refractivity contribution in [3.05, 3.63) is 43.2 Å². The van der Waals surface area contributed by atoms with E-state index in [9.17, 15) is 0 Å². The number of anilines is 1. The number of fused-ring (bicyclic) bond motifs is 2. The molecule has 32 heavy (non-hydrogen) atoms. The molecule has 2 aliphatic rings. The van der Waals surface area contributed by atoms with E-state index in [-0.39, 0.29) is 6.10 Å². The third-order valence-electron chi connectivity index (χ3n) is 6.50. The highest BCUT2D eigenvalue weighted by Crippen LogP contribution is 2.27. The van der Waals surface area contributed by atoms with Gasteiger partial charge in [0.2, 0.25) is 5.78 Å². The minimum absolute atomic E-state index is 0.180. The number of morpholine rings is 1. The molecule has 10 nitrogen and oxygen atoms in total. The van der Waals surface area contributed by atoms with Gasteiger partial charge in [0.05, 0.1) is 31.0 Å². The first kappa shape index (κ1) is 19.6. The number of nitrogens with one attached hydrogen (secondary N) is 1. The van der Waals surface area contributed by atoms with E-state index in [0.29, 0.717) is 17.8 Å². The topological polar surface area (TPSA) is 94.1 Å². The van der Waals surface area contributed by atoms with Crippen molar-refractivity contribution in [2.75, 3.05) is 31.8 Å². The van der Waals surface area contributed by atoms with Crippen LogP contribution in [0, 0.1) is 0 Å². The fourth-order valence-electron chi connectivity index (χ4n) is 4.75. The zero-order valence-corrected chi connectivity index (χ0v) is 17.8. The minimum Gasteiger partial charge on any atom is -0.379 e. The highest BCUT2D eigenvalue weighted by molar-refractivity contribution is 5.79. The Morgan fingerprint density at radius 2 is 1.88 bits per heavy atom. The van der Waals surface area contributed by atoms with Gasteiger partial charge in [0.1, 0.15) is 0 Å². The molecule has 4 aromatic rings. The maximum atomic E-state index is 5.93. The van der Waals surface area contributed by atoms with Crippen molar-refractivity contribution >= 4 is 17.2 Å². The maximum Gasteiger partial charge on any atom is 0.264 e. The summed E-state index contributed by atoms with van der Waals surface area (Å²) in [6.07, 6.45) is 15.7. The number of aromatic nitrogens is 6. The third-order valence-corrected chi connectivity index (χ3v) is 6.50. The van der Waals surface area contributed by atoms with Gasteiger partial charge in [0.25, 0.3) is 5.95 Å². The Morgan fingerprint density at radius 3 is 2.75 bits per heavy atom. The molecule has 1 N–H and O–H groups in total. The molecule has 2 fully saturated rings. The second-order valence-electron chi connectivity index (χ2n) is 8.42. The number of imidazole rings is 1. The Labute approximate surface area is 185 Å². The summed E-state index contributed by atoms with van der Waals surface area (Å²) in [5.74, 6) is 1.13. The Kier molecular flexibility index (Phi) is 5.18. The fraction of sp³-hybridized carbons (Fsp3) is 0.455. The van der Waals surface area contributed by atoms with Gasteiger partial charge in [-0.1, -0.05) is 0 Å². The lowest BCUT2D eigenvalue weighted by Gasteiger charge is -2.38. The minimum atomic E-state index is 0.180. The van der Waals surface area contributed by atoms with Crippen LogP contribution in [0.25, 0.3) is 22.4 Å². The van der Waals surface area contributed by atoms with Crippen molar-refractivity contribution in [2.24, 2.45) is 0 Å². The first-order valence-electron chi connectivity index (χ1n) is 11.2. The van der Waals surface area contributed by atoms with E-state index in [2.05, 4.69) is 30.4 Å². The molecule has 0 bridgehead atoms. The van der Waals surface area contributed by atoms with E-state index in [1.165, 1.54) is 0 Å². The Morgan fingerprint density at radius 1 is 1.00 bits per heavy atom. The number of hydrogen-bond acceptors (Lipinski definition) is 8. The van der Waals surface area contributed by atoms with Crippen molar-refractivity contribution in [3.8, 4) is 11.1 Å². The van der Waals surface area contributed by atoms with Crippen LogP contribution in [-0.2, 0) is 9.57 Å². The molecule has 1 saturated carbocycles. The lowest BCUT2D eigenvalue weighted by Crippen LogP contribution is -2.45. The Bertz CT molecular complexity index is 1210. The van der Waals surface area contributed by atoms with Gasteiger partial charge in [-0.2, -0.15) is 0 Å². The molecule has 0 unspecified atom stereocenters. The van der Waals surface area contributed by atoms with Gasteiger partial charge in [0, 0.05) is 61.2 Å². The van der Waals surface area contributed by atoms with Crippen LogP contribution in [-0.4, -0.2) is 72.3 Å². The fourth-order valence-corrected chi connectivity index (χ4v) is 4.75. The molecule has 0 radical (unpaired) electrons. The summed E-state index contributed by atoms with van der Waals surface area (Å²) >= 11 is 0. The molecule has 166 valence electrons. The van der Waals surface area contributed by atoms with Crippen molar-refractivity contribution in [1.82, 2.24) is 33.9 Å². The first-order chi connectivity index (χ1) is 15.8. The number of rotatable bonds is 5. The van der Waals surface area contributed by atoms with Crippen LogP contribution in [0.4, 0.5) is 5.95 Å². The van der Waals surface area contributed by atoms with E-state index >= 15 is 0 Å². The third kappa shape index (κ3) is 3.81. The molecule has 0 atom stereocenters. The predicted molar refractivity (Wildman–Crippen MR) is 118 cm³/mol. The van der Waals surface area contributed by atoms with Crippen LogP contribution in [0.15, 0.2) is 43.2 Å². The van der Waals surface area contributed by atoms with Gasteiger partial charge in [-0.15, -0.1) is 5.10 Å². The van der Waals surface area contributed by atoms with Gasteiger partial charge in [0.15, 0.2) is 0 Å². The van der Waals surface area contributed by atoms with Crippen LogP contribution in [0.2, 0.25) is 0 Å². The van der Waals surface area contributed by atoms with Gasteiger partial charge >= 0.3 is 0 Å². The highest BCUT2D eigenvalue weighted by atomic mass is 16.7. The molecule has 0 amide bonds. The maximum absolute atomic E-state index is 5.93. The molecule has 1 aliphatic carbocycles. The van der Waals surface area contributed by atoms with Crippen molar-refractivity contribution in [3.63, 3.8) is 0 Å². The first-order valence-corrected chi connectivity index (χ1v) is 11.2. The predicted octanol–water partition coefficient (Wildman–Crippen LogP) is 2.43. The smallest absolute Gasteiger partial charge is 0.264 e. The quantitative estimate of drug-likeness (QED) is 0.479. The van der Waals surface area contributed by atoms with Gasteiger partial charge in [-0.05, 0) is 31.7 Å². The molecular formula is C22H26N8O2. The van der Waals surface area contributed by atoms with Gasteiger partial charge in [-0.3, -0.25) is 14.1 Å². The summed E-state index contributed by atoms with van der Waals surface area (Å²) in [7, 11) is 0. The van der Waals surface area contributed by atoms with E-state index in [1.54, 1.807) is 6.20 Å². The molecular weight excluding hydrogens is 408 g/mol. The summed E-state index contributed by atoms with van der Waals surface area (Å²) in [4.78, 5) is 21.5. The molecule has 10 heteroatoms.